The Balaban J connectivity index is 1.40. The topological polar surface area (TPSA) is 78.7 Å². The number of benzene rings is 2. The van der Waals surface area contributed by atoms with Gasteiger partial charge in [-0.25, -0.2) is 0 Å². The van der Waals surface area contributed by atoms with Crippen LogP contribution in [0.5, 0.6) is 0 Å². The number of non-ortho nitro benzene ring substituents is 1. The van der Waals surface area contributed by atoms with Gasteiger partial charge in [-0.1, -0.05) is 30.3 Å². The van der Waals surface area contributed by atoms with Gasteiger partial charge in [0.1, 0.15) is 0 Å². The zero-order valence-corrected chi connectivity index (χ0v) is 17.6. The van der Waals surface area contributed by atoms with Crippen LogP contribution in [-0.4, -0.2) is 48.0 Å². The van der Waals surface area contributed by atoms with Crippen LogP contribution in [0.4, 0.5) is 11.4 Å². The molecule has 1 N–H and O–H groups in total. The van der Waals surface area contributed by atoms with Crippen molar-refractivity contribution in [1.29, 1.82) is 0 Å². The van der Waals surface area contributed by atoms with E-state index in [4.69, 9.17) is 0 Å². The van der Waals surface area contributed by atoms with Gasteiger partial charge in [0.05, 0.1) is 16.9 Å². The van der Waals surface area contributed by atoms with Gasteiger partial charge in [0.2, 0.25) is 5.91 Å². The van der Waals surface area contributed by atoms with Crippen LogP contribution in [-0.2, 0) is 17.8 Å². The summed E-state index contributed by atoms with van der Waals surface area (Å²) in [6, 6.07) is 15.6. The number of nitro benzene ring substituents is 1. The van der Waals surface area contributed by atoms with Crippen LogP contribution >= 0.6 is 0 Å². The second-order valence-electron chi connectivity index (χ2n) is 9.05. The fraction of sp³-hybridized carbons (Fsp3) is 0.458. The molecule has 0 spiro atoms. The highest BCUT2D eigenvalue weighted by molar-refractivity contribution is 5.82. The molecule has 2 aromatic rings. The predicted molar refractivity (Wildman–Crippen MR) is 119 cm³/mol. The van der Waals surface area contributed by atoms with Gasteiger partial charge >= 0.3 is 0 Å². The Morgan fingerprint density at radius 2 is 1.94 bits per heavy atom. The maximum atomic E-state index is 13.2. The van der Waals surface area contributed by atoms with E-state index in [-0.39, 0.29) is 28.5 Å². The highest BCUT2D eigenvalue weighted by Crippen LogP contribution is 2.38. The van der Waals surface area contributed by atoms with E-state index in [0.717, 1.165) is 44.0 Å². The molecule has 2 atom stereocenters. The number of nitrogens with zero attached hydrogens (tertiary/aromatic N) is 3. The van der Waals surface area contributed by atoms with Crippen LogP contribution in [0.1, 0.15) is 24.0 Å². The highest BCUT2D eigenvalue weighted by Gasteiger charge is 2.42. The van der Waals surface area contributed by atoms with Gasteiger partial charge in [0.25, 0.3) is 5.69 Å². The fourth-order valence-electron chi connectivity index (χ4n) is 4.97. The second-order valence-corrected chi connectivity index (χ2v) is 9.05. The first-order valence-corrected chi connectivity index (χ1v) is 11.2. The van der Waals surface area contributed by atoms with Gasteiger partial charge in [-0.3, -0.25) is 19.8 Å². The molecule has 2 aromatic carbocycles. The molecule has 3 aliphatic rings. The molecule has 0 aromatic heterocycles. The molecule has 7 heteroatoms. The number of rotatable bonds is 6. The van der Waals surface area contributed by atoms with Crippen LogP contribution in [0, 0.1) is 22.0 Å². The number of carbonyl (C=O) groups is 1. The van der Waals surface area contributed by atoms with Crippen LogP contribution in [0.15, 0.2) is 48.5 Å². The van der Waals surface area contributed by atoms with Crippen molar-refractivity contribution in [3.63, 3.8) is 0 Å². The van der Waals surface area contributed by atoms with Crippen molar-refractivity contribution in [2.24, 2.45) is 11.8 Å². The minimum atomic E-state index is -0.355. The third kappa shape index (κ3) is 4.28. The summed E-state index contributed by atoms with van der Waals surface area (Å²) in [5.74, 6) is 0.505. The molecule has 0 bridgehead atoms. The molecule has 5 rings (SSSR count). The summed E-state index contributed by atoms with van der Waals surface area (Å²) in [7, 11) is 0. The maximum absolute atomic E-state index is 13.2. The van der Waals surface area contributed by atoms with Gasteiger partial charge < -0.3 is 10.2 Å². The van der Waals surface area contributed by atoms with Gasteiger partial charge in [0.15, 0.2) is 0 Å². The standard InChI is InChI=1S/C24H28N4O3/c29-24(25-14-17-6-7-17)21-13-19-12-20(28(30)31)8-9-22(19)27-11-10-26(16-23(21)27)15-18-4-2-1-3-5-18/h1-5,8-9,12,17,21,23H,6-7,10-11,13-16H2,(H,25,29)/t21-,23+/m1/s1. The molecule has 2 heterocycles. The zero-order chi connectivity index (χ0) is 21.4. The van der Waals surface area contributed by atoms with Crippen molar-refractivity contribution >= 4 is 17.3 Å². The number of piperazine rings is 1. The summed E-state index contributed by atoms with van der Waals surface area (Å²) < 4.78 is 0. The molecule has 1 saturated heterocycles. The molecule has 2 aliphatic heterocycles. The summed E-state index contributed by atoms with van der Waals surface area (Å²) in [6.45, 7) is 4.14. The van der Waals surface area contributed by atoms with Crippen molar-refractivity contribution in [3.8, 4) is 0 Å². The third-order valence-corrected chi connectivity index (χ3v) is 6.84. The lowest BCUT2D eigenvalue weighted by atomic mass is 9.83. The normalized spacial score (nSPS) is 23.0. The molecule has 1 amide bonds. The number of nitro groups is 1. The quantitative estimate of drug-likeness (QED) is 0.574. The number of nitrogens with one attached hydrogen (secondary N) is 1. The summed E-state index contributed by atoms with van der Waals surface area (Å²) in [4.78, 5) is 28.9. The average molecular weight is 421 g/mol. The number of hydrogen-bond acceptors (Lipinski definition) is 5. The maximum Gasteiger partial charge on any atom is 0.269 e. The smallest absolute Gasteiger partial charge is 0.269 e. The second kappa shape index (κ2) is 8.30. The molecule has 31 heavy (non-hydrogen) atoms. The Labute approximate surface area is 182 Å². The number of hydrogen-bond donors (Lipinski definition) is 1. The van der Waals surface area contributed by atoms with E-state index in [1.165, 1.54) is 18.4 Å². The molecule has 2 fully saturated rings. The van der Waals surface area contributed by atoms with Gasteiger partial charge in [-0.2, -0.15) is 0 Å². The van der Waals surface area contributed by atoms with E-state index in [1.54, 1.807) is 12.1 Å². The average Bonchev–Trinajstić information content (AvgIpc) is 3.61. The number of fused-ring (bicyclic) bond motifs is 3. The molecule has 0 radical (unpaired) electrons. The van der Waals surface area contributed by atoms with Crippen molar-refractivity contribution < 1.29 is 9.72 Å². The van der Waals surface area contributed by atoms with Crippen molar-refractivity contribution in [3.05, 3.63) is 69.8 Å². The van der Waals surface area contributed by atoms with Crippen LogP contribution in [0.25, 0.3) is 0 Å². The lowest BCUT2D eigenvalue weighted by Crippen LogP contribution is -2.61. The third-order valence-electron chi connectivity index (χ3n) is 6.84. The van der Waals surface area contributed by atoms with Crippen LogP contribution < -0.4 is 10.2 Å². The first-order chi connectivity index (χ1) is 15.1. The monoisotopic (exact) mass is 420 g/mol. The fourth-order valence-corrected chi connectivity index (χ4v) is 4.97. The van der Waals surface area contributed by atoms with Gasteiger partial charge in [0, 0.05) is 50.5 Å². The number of carbonyl (C=O) groups excluding carboxylic acids is 1. The Morgan fingerprint density at radius 3 is 2.68 bits per heavy atom. The van der Waals surface area contributed by atoms with Crippen LogP contribution in [0.2, 0.25) is 0 Å². The van der Waals surface area contributed by atoms with E-state index in [0.29, 0.717) is 12.3 Å². The first-order valence-electron chi connectivity index (χ1n) is 11.2. The van der Waals surface area contributed by atoms with Crippen molar-refractivity contribution in [2.45, 2.75) is 31.8 Å². The molecule has 7 nitrogen and oxygen atoms in total. The lowest BCUT2D eigenvalue weighted by Gasteiger charge is -2.49. The van der Waals surface area contributed by atoms with Gasteiger partial charge in [-0.15, -0.1) is 0 Å². The minimum Gasteiger partial charge on any atom is -0.365 e. The van der Waals surface area contributed by atoms with E-state index in [1.807, 2.05) is 12.1 Å². The Hall–Kier alpha value is -2.93. The minimum absolute atomic E-state index is 0.0746. The van der Waals surface area contributed by atoms with E-state index in [9.17, 15) is 14.9 Å². The zero-order valence-electron chi connectivity index (χ0n) is 17.6. The van der Waals surface area contributed by atoms with Crippen LogP contribution in [0.3, 0.4) is 0 Å². The number of anilines is 1. The summed E-state index contributed by atoms with van der Waals surface area (Å²) in [5, 5.41) is 14.5. The lowest BCUT2D eigenvalue weighted by molar-refractivity contribution is -0.384. The van der Waals surface area contributed by atoms with E-state index < -0.39 is 0 Å². The number of amides is 1. The molecule has 0 unspecified atom stereocenters. The Kier molecular flexibility index (Phi) is 5.36. The molecular weight excluding hydrogens is 392 g/mol. The first kappa shape index (κ1) is 20.0. The SMILES string of the molecule is O=C(NCC1CC1)[C@@H]1Cc2cc([N+](=O)[O-])ccc2N2CCN(Cc3ccccc3)C[C@@H]12. The highest BCUT2D eigenvalue weighted by atomic mass is 16.6. The molecule has 1 aliphatic carbocycles. The summed E-state index contributed by atoms with van der Waals surface area (Å²) in [5.41, 5.74) is 3.32. The van der Waals surface area contributed by atoms with Crippen molar-refractivity contribution in [2.75, 3.05) is 31.1 Å². The van der Waals surface area contributed by atoms with Gasteiger partial charge in [-0.05, 0) is 42.4 Å². The Bertz CT molecular complexity index is 976. The van der Waals surface area contributed by atoms with Crippen molar-refractivity contribution in [1.82, 2.24) is 10.2 Å². The predicted octanol–water partition coefficient (Wildman–Crippen LogP) is 2.98. The molecular formula is C24H28N4O3. The molecule has 162 valence electrons. The summed E-state index contributed by atoms with van der Waals surface area (Å²) in [6.07, 6.45) is 2.94. The van der Waals surface area contributed by atoms with E-state index >= 15 is 0 Å². The Morgan fingerprint density at radius 1 is 1.13 bits per heavy atom. The largest absolute Gasteiger partial charge is 0.365 e. The molecule has 1 saturated carbocycles. The summed E-state index contributed by atoms with van der Waals surface area (Å²) >= 11 is 0. The van der Waals surface area contributed by atoms with E-state index in [2.05, 4.69) is 39.4 Å².